The highest BCUT2D eigenvalue weighted by atomic mass is 16.5. The van der Waals surface area contributed by atoms with E-state index < -0.39 is 0 Å². The van der Waals surface area contributed by atoms with E-state index in [1.807, 2.05) is 6.92 Å². The molecule has 1 rings (SSSR count). The van der Waals surface area contributed by atoms with Gasteiger partial charge in [-0.2, -0.15) is 0 Å². The number of hydrogen-bond donors (Lipinski definition) is 1. The fraction of sp³-hybridized carbons (Fsp3) is 1.00. The summed E-state index contributed by atoms with van der Waals surface area (Å²) >= 11 is 0. The lowest BCUT2D eigenvalue weighted by Gasteiger charge is -2.23. The highest BCUT2D eigenvalue weighted by molar-refractivity contribution is 4.69. The summed E-state index contributed by atoms with van der Waals surface area (Å²) in [5.41, 5.74) is 0. The summed E-state index contributed by atoms with van der Waals surface area (Å²) < 4.78 is 10.5. The van der Waals surface area contributed by atoms with Crippen molar-refractivity contribution in [2.45, 2.75) is 19.4 Å². The monoisotopic (exact) mass is 159 g/mol. The standard InChI is InChI=1S/C8H17NO2/c1-2-10-5-3-8-7-11-6-4-9-8/h8-9H,2-7H2,1H3. The van der Waals surface area contributed by atoms with Gasteiger partial charge in [-0.05, 0) is 13.3 Å². The van der Waals surface area contributed by atoms with Crippen molar-refractivity contribution in [3.63, 3.8) is 0 Å². The van der Waals surface area contributed by atoms with Crippen molar-refractivity contribution < 1.29 is 9.47 Å². The molecule has 0 amide bonds. The number of ether oxygens (including phenoxy) is 2. The van der Waals surface area contributed by atoms with Crippen LogP contribution in [0.25, 0.3) is 0 Å². The van der Waals surface area contributed by atoms with Crippen molar-refractivity contribution in [1.29, 1.82) is 0 Å². The Kier molecular flexibility index (Phi) is 4.50. The Bertz CT molecular complexity index is 92.1. The first kappa shape index (κ1) is 8.97. The molecule has 11 heavy (non-hydrogen) atoms. The molecule has 1 heterocycles. The second-order valence-corrected chi connectivity index (χ2v) is 2.71. The molecule has 0 aromatic heterocycles. The fourth-order valence-corrected chi connectivity index (χ4v) is 1.18. The SMILES string of the molecule is CCOCCC1COCCN1. The first-order valence-electron chi connectivity index (χ1n) is 4.32. The molecule has 0 bridgehead atoms. The zero-order valence-electron chi connectivity index (χ0n) is 7.14. The van der Waals surface area contributed by atoms with Crippen molar-refractivity contribution >= 4 is 0 Å². The van der Waals surface area contributed by atoms with Crippen molar-refractivity contribution in [2.24, 2.45) is 0 Å². The highest BCUT2D eigenvalue weighted by Crippen LogP contribution is 1.97. The largest absolute Gasteiger partial charge is 0.382 e. The quantitative estimate of drug-likeness (QED) is 0.602. The summed E-state index contributed by atoms with van der Waals surface area (Å²) in [5, 5.41) is 3.37. The van der Waals surface area contributed by atoms with Gasteiger partial charge in [0.1, 0.15) is 0 Å². The molecule has 0 aromatic carbocycles. The molecule has 0 radical (unpaired) electrons. The van der Waals surface area contributed by atoms with Gasteiger partial charge in [-0.3, -0.25) is 0 Å². The minimum absolute atomic E-state index is 0.510. The van der Waals surface area contributed by atoms with Gasteiger partial charge in [0.15, 0.2) is 0 Å². The molecule has 1 saturated heterocycles. The van der Waals surface area contributed by atoms with Crippen LogP contribution in [0.15, 0.2) is 0 Å². The third-order valence-corrected chi connectivity index (χ3v) is 1.81. The second kappa shape index (κ2) is 5.52. The maximum atomic E-state index is 5.29. The topological polar surface area (TPSA) is 30.5 Å². The van der Waals surface area contributed by atoms with Crippen LogP contribution in [0.5, 0.6) is 0 Å². The van der Waals surface area contributed by atoms with Gasteiger partial charge in [-0.25, -0.2) is 0 Å². The van der Waals surface area contributed by atoms with E-state index in [-0.39, 0.29) is 0 Å². The van der Waals surface area contributed by atoms with Crippen LogP contribution in [0.4, 0.5) is 0 Å². The molecule has 66 valence electrons. The number of morpholine rings is 1. The molecule has 3 heteroatoms. The fourth-order valence-electron chi connectivity index (χ4n) is 1.18. The van der Waals surface area contributed by atoms with Crippen LogP contribution >= 0.6 is 0 Å². The van der Waals surface area contributed by atoms with Gasteiger partial charge >= 0.3 is 0 Å². The minimum Gasteiger partial charge on any atom is -0.382 e. The zero-order valence-corrected chi connectivity index (χ0v) is 7.14. The molecule has 1 fully saturated rings. The van der Waals surface area contributed by atoms with Crippen LogP contribution in [0.3, 0.4) is 0 Å². The Morgan fingerprint density at radius 1 is 1.64 bits per heavy atom. The number of rotatable bonds is 4. The van der Waals surface area contributed by atoms with Crippen LogP contribution in [-0.4, -0.2) is 39.0 Å². The van der Waals surface area contributed by atoms with Crippen LogP contribution in [0.2, 0.25) is 0 Å². The molecular formula is C8H17NO2. The third kappa shape index (κ3) is 3.70. The summed E-state index contributed by atoms with van der Waals surface area (Å²) in [5.74, 6) is 0. The van der Waals surface area contributed by atoms with Crippen molar-refractivity contribution in [1.82, 2.24) is 5.32 Å². The molecule has 1 aliphatic rings. The van der Waals surface area contributed by atoms with Crippen LogP contribution in [-0.2, 0) is 9.47 Å². The Labute approximate surface area is 68.1 Å². The van der Waals surface area contributed by atoms with Crippen LogP contribution in [0, 0.1) is 0 Å². The van der Waals surface area contributed by atoms with Gasteiger partial charge in [-0.1, -0.05) is 0 Å². The lowest BCUT2D eigenvalue weighted by molar-refractivity contribution is 0.0576. The Hall–Kier alpha value is -0.120. The van der Waals surface area contributed by atoms with E-state index in [0.29, 0.717) is 6.04 Å². The number of nitrogens with one attached hydrogen (secondary N) is 1. The van der Waals surface area contributed by atoms with E-state index in [4.69, 9.17) is 9.47 Å². The smallest absolute Gasteiger partial charge is 0.0621 e. The minimum atomic E-state index is 0.510. The first-order valence-corrected chi connectivity index (χ1v) is 4.32. The molecule has 1 N–H and O–H groups in total. The van der Waals surface area contributed by atoms with E-state index in [9.17, 15) is 0 Å². The molecule has 0 aliphatic carbocycles. The normalized spacial score (nSPS) is 25.4. The molecular weight excluding hydrogens is 142 g/mol. The lowest BCUT2D eigenvalue weighted by Crippen LogP contribution is -2.41. The van der Waals surface area contributed by atoms with Crippen molar-refractivity contribution in [3.8, 4) is 0 Å². The van der Waals surface area contributed by atoms with Gasteiger partial charge < -0.3 is 14.8 Å². The maximum absolute atomic E-state index is 5.29. The van der Waals surface area contributed by atoms with Crippen molar-refractivity contribution in [3.05, 3.63) is 0 Å². The molecule has 3 nitrogen and oxygen atoms in total. The Morgan fingerprint density at radius 3 is 3.18 bits per heavy atom. The average Bonchev–Trinajstić information content (AvgIpc) is 2.07. The van der Waals surface area contributed by atoms with Gasteiger partial charge in [0.2, 0.25) is 0 Å². The first-order chi connectivity index (χ1) is 5.43. The van der Waals surface area contributed by atoms with E-state index >= 15 is 0 Å². The zero-order chi connectivity index (χ0) is 7.94. The summed E-state index contributed by atoms with van der Waals surface area (Å²) in [6, 6.07) is 0.510. The second-order valence-electron chi connectivity index (χ2n) is 2.71. The molecule has 1 atom stereocenters. The highest BCUT2D eigenvalue weighted by Gasteiger charge is 2.11. The van der Waals surface area contributed by atoms with E-state index in [1.165, 1.54) is 0 Å². The van der Waals surface area contributed by atoms with Gasteiger partial charge in [0, 0.05) is 25.8 Å². The molecule has 1 aliphatic heterocycles. The summed E-state index contributed by atoms with van der Waals surface area (Å²) in [6.45, 7) is 6.35. The van der Waals surface area contributed by atoms with Crippen LogP contribution < -0.4 is 5.32 Å². The van der Waals surface area contributed by atoms with Crippen molar-refractivity contribution in [2.75, 3.05) is 33.0 Å². The van der Waals surface area contributed by atoms with E-state index in [2.05, 4.69) is 5.32 Å². The summed E-state index contributed by atoms with van der Waals surface area (Å²) in [6.07, 6.45) is 1.06. The maximum Gasteiger partial charge on any atom is 0.0621 e. The van der Waals surface area contributed by atoms with Gasteiger partial charge in [-0.15, -0.1) is 0 Å². The van der Waals surface area contributed by atoms with Gasteiger partial charge in [0.05, 0.1) is 13.2 Å². The molecule has 0 aromatic rings. The summed E-state index contributed by atoms with van der Waals surface area (Å²) in [7, 11) is 0. The van der Waals surface area contributed by atoms with E-state index in [1.54, 1.807) is 0 Å². The van der Waals surface area contributed by atoms with E-state index in [0.717, 1.165) is 39.4 Å². The Morgan fingerprint density at radius 2 is 2.55 bits per heavy atom. The average molecular weight is 159 g/mol. The van der Waals surface area contributed by atoms with Gasteiger partial charge in [0.25, 0.3) is 0 Å². The lowest BCUT2D eigenvalue weighted by atomic mass is 10.2. The van der Waals surface area contributed by atoms with Crippen LogP contribution in [0.1, 0.15) is 13.3 Å². The Balaban J connectivity index is 1.96. The number of hydrogen-bond acceptors (Lipinski definition) is 3. The summed E-state index contributed by atoms with van der Waals surface area (Å²) in [4.78, 5) is 0. The predicted octanol–water partition coefficient (Wildman–Crippen LogP) is 0.401. The molecule has 1 unspecified atom stereocenters. The molecule has 0 spiro atoms. The molecule has 0 saturated carbocycles. The third-order valence-electron chi connectivity index (χ3n) is 1.81. The predicted molar refractivity (Wildman–Crippen MR) is 43.7 cm³/mol.